The molecule has 0 spiro atoms. The standard InChI is InChI=1S/C16H27N3O2/c1-4-17-16(19-14(2)12-20-3)18-10-11-21-13-15-8-6-5-7-9-15/h5-9,14H,4,10-13H2,1-3H3,(H2,17,18,19). The summed E-state index contributed by atoms with van der Waals surface area (Å²) >= 11 is 0. The second kappa shape index (κ2) is 11.1. The number of hydrogen-bond donors (Lipinski definition) is 2. The fraction of sp³-hybridized carbons (Fsp3) is 0.562. The minimum atomic E-state index is 0.220. The lowest BCUT2D eigenvalue weighted by molar-refractivity contribution is 0.128. The Morgan fingerprint density at radius 1 is 1.29 bits per heavy atom. The summed E-state index contributed by atoms with van der Waals surface area (Å²) in [6.45, 7) is 7.43. The normalized spacial score (nSPS) is 13.0. The topological polar surface area (TPSA) is 54.9 Å². The van der Waals surface area contributed by atoms with E-state index in [9.17, 15) is 0 Å². The monoisotopic (exact) mass is 293 g/mol. The minimum Gasteiger partial charge on any atom is -0.383 e. The molecule has 0 fully saturated rings. The molecular formula is C16H27N3O2. The van der Waals surface area contributed by atoms with Gasteiger partial charge in [-0.3, -0.25) is 4.99 Å². The molecule has 1 unspecified atom stereocenters. The van der Waals surface area contributed by atoms with E-state index in [1.165, 1.54) is 5.56 Å². The number of hydrogen-bond acceptors (Lipinski definition) is 3. The van der Waals surface area contributed by atoms with Gasteiger partial charge in [0.15, 0.2) is 5.96 Å². The molecule has 0 saturated heterocycles. The molecular weight excluding hydrogens is 266 g/mol. The number of benzene rings is 1. The highest BCUT2D eigenvalue weighted by atomic mass is 16.5. The zero-order valence-electron chi connectivity index (χ0n) is 13.3. The summed E-state index contributed by atoms with van der Waals surface area (Å²) in [5, 5.41) is 6.49. The maximum Gasteiger partial charge on any atom is 0.191 e. The number of guanidine groups is 1. The van der Waals surface area contributed by atoms with Crippen molar-refractivity contribution < 1.29 is 9.47 Å². The van der Waals surface area contributed by atoms with Crippen molar-refractivity contribution >= 4 is 5.96 Å². The van der Waals surface area contributed by atoms with Crippen molar-refractivity contribution in [2.24, 2.45) is 4.99 Å². The van der Waals surface area contributed by atoms with Gasteiger partial charge in [0.1, 0.15) is 0 Å². The SMILES string of the molecule is CCNC(=NCCOCc1ccccc1)NC(C)COC. The van der Waals surface area contributed by atoms with Crippen LogP contribution < -0.4 is 10.6 Å². The van der Waals surface area contributed by atoms with Crippen LogP contribution in [0.15, 0.2) is 35.3 Å². The van der Waals surface area contributed by atoms with Gasteiger partial charge in [-0.15, -0.1) is 0 Å². The zero-order chi connectivity index (χ0) is 15.3. The van der Waals surface area contributed by atoms with Crippen LogP contribution in [0.2, 0.25) is 0 Å². The number of ether oxygens (including phenoxy) is 2. The number of rotatable bonds is 9. The molecule has 0 bridgehead atoms. The van der Waals surface area contributed by atoms with Crippen LogP contribution in [-0.4, -0.2) is 45.4 Å². The molecule has 5 heteroatoms. The second-order valence-corrected chi connectivity index (χ2v) is 4.80. The Morgan fingerprint density at radius 2 is 2.05 bits per heavy atom. The van der Waals surface area contributed by atoms with Crippen LogP contribution in [0.1, 0.15) is 19.4 Å². The highest BCUT2D eigenvalue weighted by Gasteiger charge is 2.03. The van der Waals surface area contributed by atoms with E-state index in [1.807, 2.05) is 25.1 Å². The highest BCUT2D eigenvalue weighted by Crippen LogP contribution is 1.99. The summed E-state index contributed by atoms with van der Waals surface area (Å²) in [5.41, 5.74) is 1.18. The van der Waals surface area contributed by atoms with Crippen molar-refractivity contribution in [3.63, 3.8) is 0 Å². The number of methoxy groups -OCH3 is 1. The van der Waals surface area contributed by atoms with Crippen LogP contribution in [0.5, 0.6) is 0 Å². The van der Waals surface area contributed by atoms with Crippen molar-refractivity contribution in [1.29, 1.82) is 0 Å². The zero-order valence-corrected chi connectivity index (χ0v) is 13.3. The van der Waals surface area contributed by atoms with E-state index in [2.05, 4.69) is 34.7 Å². The Bertz CT molecular complexity index is 396. The van der Waals surface area contributed by atoms with Gasteiger partial charge in [0.25, 0.3) is 0 Å². The maximum atomic E-state index is 5.61. The fourth-order valence-corrected chi connectivity index (χ4v) is 1.83. The predicted octanol–water partition coefficient (Wildman–Crippen LogP) is 1.79. The van der Waals surface area contributed by atoms with Crippen LogP contribution in [0.25, 0.3) is 0 Å². The molecule has 1 aromatic rings. The van der Waals surface area contributed by atoms with E-state index in [4.69, 9.17) is 9.47 Å². The summed E-state index contributed by atoms with van der Waals surface area (Å²) < 4.78 is 10.7. The average molecular weight is 293 g/mol. The lowest BCUT2D eigenvalue weighted by Gasteiger charge is -2.16. The highest BCUT2D eigenvalue weighted by molar-refractivity contribution is 5.80. The molecule has 0 aliphatic carbocycles. The molecule has 1 rings (SSSR count). The summed E-state index contributed by atoms with van der Waals surface area (Å²) in [7, 11) is 1.69. The van der Waals surface area contributed by atoms with E-state index in [-0.39, 0.29) is 6.04 Å². The first-order valence-corrected chi connectivity index (χ1v) is 7.41. The fourth-order valence-electron chi connectivity index (χ4n) is 1.83. The summed E-state index contributed by atoms with van der Waals surface area (Å²) in [5.74, 6) is 0.797. The van der Waals surface area contributed by atoms with E-state index >= 15 is 0 Å². The number of nitrogens with zero attached hydrogens (tertiary/aromatic N) is 1. The molecule has 0 heterocycles. The largest absolute Gasteiger partial charge is 0.383 e. The van der Waals surface area contributed by atoms with Crippen molar-refractivity contribution in [2.75, 3.05) is 33.4 Å². The Kier molecular flexibility index (Phi) is 9.24. The molecule has 5 nitrogen and oxygen atoms in total. The predicted molar refractivity (Wildman–Crippen MR) is 86.6 cm³/mol. The van der Waals surface area contributed by atoms with Crippen molar-refractivity contribution in [3.8, 4) is 0 Å². The molecule has 1 aromatic carbocycles. The average Bonchev–Trinajstić information content (AvgIpc) is 2.48. The van der Waals surface area contributed by atoms with Crippen molar-refractivity contribution in [2.45, 2.75) is 26.5 Å². The molecule has 21 heavy (non-hydrogen) atoms. The van der Waals surface area contributed by atoms with Crippen LogP contribution in [0.4, 0.5) is 0 Å². The Hall–Kier alpha value is -1.59. The smallest absolute Gasteiger partial charge is 0.191 e. The molecule has 0 amide bonds. The molecule has 2 N–H and O–H groups in total. The van der Waals surface area contributed by atoms with Crippen molar-refractivity contribution in [3.05, 3.63) is 35.9 Å². The van der Waals surface area contributed by atoms with Gasteiger partial charge >= 0.3 is 0 Å². The first-order valence-electron chi connectivity index (χ1n) is 7.41. The molecule has 118 valence electrons. The molecule has 0 aliphatic heterocycles. The van der Waals surface area contributed by atoms with E-state index in [0.717, 1.165) is 12.5 Å². The summed E-state index contributed by atoms with van der Waals surface area (Å²) in [6.07, 6.45) is 0. The third kappa shape index (κ3) is 8.32. The molecule has 1 atom stereocenters. The van der Waals surface area contributed by atoms with Crippen LogP contribution in [0, 0.1) is 0 Å². The minimum absolute atomic E-state index is 0.220. The third-order valence-corrected chi connectivity index (χ3v) is 2.76. The Morgan fingerprint density at radius 3 is 2.71 bits per heavy atom. The Balaban J connectivity index is 2.26. The molecule has 0 radical (unpaired) electrons. The first kappa shape index (κ1) is 17.5. The Labute approximate surface area is 127 Å². The van der Waals surface area contributed by atoms with Gasteiger partial charge < -0.3 is 20.1 Å². The first-order chi connectivity index (χ1) is 10.3. The summed E-state index contributed by atoms with van der Waals surface area (Å²) in [6, 6.07) is 10.4. The maximum absolute atomic E-state index is 5.61. The van der Waals surface area contributed by atoms with Gasteiger partial charge in [0, 0.05) is 19.7 Å². The second-order valence-electron chi connectivity index (χ2n) is 4.80. The number of nitrogens with one attached hydrogen (secondary N) is 2. The molecule has 0 saturated carbocycles. The van der Waals surface area contributed by atoms with E-state index < -0.39 is 0 Å². The lowest BCUT2D eigenvalue weighted by Crippen LogP contribution is -2.44. The van der Waals surface area contributed by atoms with Gasteiger partial charge in [-0.05, 0) is 19.4 Å². The number of aliphatic imine (C=N–C) groups is 1. The van der Waals surface area contributed by atoms with Crippen LogP contribution >= 0.6 is 0 Å². The van der Waals surface area contributed by atoms with E-state index in [0.29, 0.717) is 26.4 Å². The molecule has 0 aliphatic rings. The van der Waals surface area contributed by atoms with Crippen LogP contribution in [-0.2, 0) is 16.1 Å². The quantitative estimate of drug-likeness (QED) is 0.414. The molecule has 0 aromatic heterocycles. The third-order valence-electron chi connectivity index (χ3n) is 2.76. The summed E-state index contributed by atoms with van der Waals surface area (Å²) in [4.78, 5) is 4.48. The van der Waals surface area contributed by atoms with Crippen LogP contribution in [0.3, 0.4) is 0 Å². The van der Waals surface area contributed by atoms with Crippen molar-refractivity contribution in [1.82, 2.24) is 10.6 Å². The van der Waals surface area contributed by atoms with Gasteiger partial charge in [-0.25, -0.2) is 0 Å². The lowest BCUT2D eigenvalue weighted by atomic mass is 10.2. The van der Waals surface area contributed by atoms with Gasteiger partial charge in [-0.1, -0.05) is 30.3 Å². The van der Waals surface area contributed by atoms with Gasteiger partial charge in [-0.2, -0.15) is 0 Å². The van der Waals surface area contributed by atoms with Gasteiger partial charge in [0.05, 0.1) is 26.4 Å². The van der Waals surface area contributed by atoms with E-state index in [1.54, 1.807) is 7.11 Å². The van der Waals surface area contributed by atoms with Gasteiger partial charge in [0.2, 0.25) is 0 Å².